The van der Waals surface area contributed by atoms with E-state index in [-0.39, 0.29) is 10.6 Å². The molecule has 11 aromatic carbocycles. The zero-order valence-electron chi connectivity index (χ0n) is 40.1. The summed E-state index contributed by atoms with van der Waals surface area (Å²) in [5.74, 6) is 0. The highest BCUT2D eigenvalue weighted by Gasteiger charge is 2.27. The highest BCUT2D eigenvalue weighted by atomic mass is 32.1. The Morgan fingerprint density at radius 2 is 0.653 bits per heavy atom. The van der Waals surface area contributed by atoms with Crippen LogP contribution in [0.5, 0.6) is 0 Å². The van der Waals surface area contributed by atoms with Crippen LogP contribution in [0, 0.1) is 10.1 Å². The van der Waals surface area contributed by atoms with Crippen LogP contribution in [0.25, 0.3) is 103 Å². The van der Waals surface area contributed by atoms with Crippen molar-refractivity contribution in [3.8, 4) is 22.3 Å². The molecular formula is C67H42NO2PS4. The van der Waals surface area contributed by atoms with Crippen molar-refractivity contribution in [2.45, 2.75) is 6.42 Å². The van der Waals surface area contributed by atoms with Gasteiger partial charge in [-0.2, -0.15) is 0 Å². The maximum atomic E-state index is 12.0. The summed E-state index contributed by atoms with van der Waals surface area (Å²) in [4.78, 5) is 11.7. The summed E-state index contributed by atoms with van der Waals surface area (Å²) in [6.45, 7) is 0. The molecule has 0 saturated heterocycles. The van der Waals surface area contributed by atoms with Crippen LogP contribution in [-0.4, -0.2) is 4.92 Å². The van der Waals surface area contributed by atoms with E-state index in [1.54, 1.807) is 28.7 Å². The number of thiophene rings is 4. The molecule has 8 heteroatoms. The first-order chi connectivity index (χ1) is 37.1. The fourth-order valence-electron chi connectivity index (χ4n) is 11.0. The van der Waals surface area contributed by atoms with Gasteiger partial charge in [0.05, 0.1) is 15.2 Å². The molecule has 0 N–H and O–H groups in total. The number of nitro groups is 1. The zero-order chi connectivity index (χ0) is 50.0. The molecule has 0 radical (unpaired) electrons. The number of hydrogen-bond acceptors (Lipinski definition) is 6. The number of nitro benzene ring substituents is 1. The molecule has 0 saturated carbocycles. The fraction of sp³-hybridized carbons (Fsp3) is 0.0149. The van der Waals surface area contributed by atoms with Crippen molar-refractivity contribution in [3.63, 3.8) is 0 Å². The van der Waals surface area contributed by atoms with E-state index in [1.807, 2.05) is 65.1 Å². The van der Waals surface area contributed by atoms with Gasteiger partial charge >= 0.3 is 0 Å². The number of rotatable bonds is 5. The lowest BCUT2D eigenvalue weighted by Gasteiger charge is -2.18. The first kappa shape index (κ1) is 45.7. The van der Waals surface area contributed by atoms with Gasteiger partial charge in [0.15, 0.2) is 0 Å². The van der Waals surface area contributed by atoms with Crippen LogP contribution in [0.15, 0.2) is 243 Å². The SMILES string of the molecule is O=[N+]([O-])c1ccc2c(sc3ccccc32)c1-c1cccc2c1sc1ccccc12.c1ccc(P(c2ccccc2)c2ccccc2)cc1.c1ccc2c(c1)sc1c3c(ccc12)Cc1ccc2c(sc4ccccc42)c1-3. The number of fused-ring (bicyclic) bond motifs is 17. The second kappa shape index (κ2) is 19.1. The molecule has 16 rings (SSSR count). The normalized spacial score (nSPS) is 11.9. The van der Waals surface area contributed by atoms with Gasteiger partial charge in [-0.25, -0.2) is 0 Å². The summed E-state index contributed by atoms with van der Waals surface area (Å²) in [5, 5.41) is 26.3. The van der Waals surface area contributed by atoms with Crippen LogP contribution in [-0.2, 0) is 6.42 Å². The lowest BCUT2D eigenvalue weighted by Crippen LogP contribution is -2.20. The van der Waals surface area contributed by atoms with Gasteiger partial charge in [0.2, 0.25) is 0 Å². The second-order valence-electron chi connectivity index (χ2n) is 18.6. The van der Waals surface area contributed by atoms with Crippen LogP contribution in [0.2, 0.25) is 0 Å². The van der Waals surface area contributed by atoms with Crippen molar-refractivity contribution in [2.24, 2.45) is 0 Å². The summed E-state index contributed by atoms with van der Waals surface area (Å²) < 4.78 is 10.1. The average Bonchev–Trinajstić information content (AvgIpc) is 4.36. The Morgan fingerprint density at radius 1 is 0.320 bits per heavy atom. The van der Waals surface area contributed by atoms with E-state index in [0.717, 1.165) is 47.8 Å². The molecule has 1 aliphatic carbocycles. The maximum absolute atomic E-state index is 12.0. The summed E-state index contributed by atoms with van der Waals surface area (Å²) >= 11 is 7.23. The van der Waals surface area contributed by atoms with Crippen LogP contribution < -0.4 is 15.9 Å². The van der Waals surface area contributed by atoms with Gasteiger partial charge in [0, 0.05) is 98.7 Å². The van der Waals surface area contributed by atoms with Crippen LogP contribution in [0.4, 0.5) is 5.69 Å². The van der Waals surface area contributed by atoms with Crippen LogP contribution in [0.3, 0.4) is 0 Å². The van der Waals surface area contributed by atoms with Crippen molar-refractivity contribution >= 4 is 156 Å². The first-order valence-electron chi connectivity index (χ1n) is 24.9. The molecule has 1 aliphatic rings. The topological polar surface area (TPSA) is 43.1 Å². The highest BCUT2D eigenvalue weighted by Crippen LogP contribution is 2.52. The number of benzene rings is 11. The van der Waals surface area contributed by atoms with Crippen molar-refractivity contribution in [2.75, 3.05) is 0 Å². The molecule has 75 heavy (non-hydrogen) atoms. The van der Waals surface area contributed by atoms with E-state index in [1.165, 1.54) is 88.6 Å². The van der Waals surface area contributed by atoms with Crippen molar-refractivity contribution in [3.05, 3.63) is 264 Å². The fourth-order valence-corrected chi connectivity index (χ4v) is 18.4. The lowest BCUT2D eigenvalue weighted by molar-refractivity contribution is -0.384. The third-order valence-corrected chi connectivity index (χ3v) is 21.6. The zero-order valence-corrected chi connectivity index (χ0v) is 44.3. The Bertz CT molecular complexity index is 4460. The highest BCUT2D eigenvalue weighted by molar-refractivity contribution is 7.79. The van der Waals surface area contributed by atoms with E-state index >= 15 is 0 Å². The smallest absolute Gasteiger partial charge is 0.258 e. The molecule has 3 nitrogen and oxygen atoms in total. The van der Waals surface area contributed by atoms with Gasteiger partial charge in [-0.15, -0.1) is 45.3 Å². The van der Waals surface area contributed by atoms with E-state index in [9.17, 15) is 10.1 Å². The van der Waals surface area contributed by atoms with Crippen molar-refractivity contribution < 1.29 is 4.92 Å². The van der Waals surface area contributed by atoms with Gasteiger partial charge < -0.3 is 0 Å². The standard InChI is InChI=1S/C25H14S2.C24H13NO2S2.C18H15P/c1-3-7-20-16(5-1)18-11-9-14-13-15-10-12-19-17-6-2-4-8-21(17)27-25(19)23(15)22(14)24(18)26-20;26-25(27)19-13-12-17-15-7-2-4-11-21(15)29-24(17)22(19)18-9-5-8-16-14-6-1-3-10-20(14)28-23(16)18;1-4-10-16(11-5-1)19(17-12-6-2-7-13-17)18-14-8-3-9-15-18/h1-12H,13H2;1-13H;1-15H. The molecule has 4 aromatic heterocycles. The molecule has 356 valence electrons. The monoisotopic (exact) mass is 1050 g/mol. The Kier molecular flexibility index (Phi) is 11.7. The minimum absolute atomic E-state index is 0.161. The molecule has 15 aromatic rings. The summed E-state index contributed by atoms with van der Waals surface area (Å²) in [5.41, 5.74) is 7.76. The van der Waals surface area contributed by atoms with Gasteiger partial charge in [-0.3, -0.25) is 10.1 Å². The minimum Gasteiger partial charge on any atom is -0.258 e. The summed E-state index contributed by atoms with van der Waals surface area (Å²) in [6.07, 6.45) is 1.05. The van der Waals surface area contributed by atoms with E-state index in [0.29, 0.717) is 0 Å². The molecule has 0 spiro atoms. The molecule has 0 unspecified atom stereocenters. The number of nitrogens with zero attached hydrogens (tertiary/aromatic N) is 1. The Labute approximate surface area is 449 Å². The van der Waals surface area contributed by atoms with E-state index in [2.05, 4.69) is 194 Å². The van der Waals surface area contributed by atoms with Crippen LogP contribution in [0.1, 0.15) is 11.1 Å². The van der Waals surface area contributed by atoms with Gasteiger partial charge in [-0.05, 0) is 71.7 Å². The third-order valence-electron chi connectivity index (χ3n) is 14.3. The molecule has 0 amide bonds. The predicted octanol–water partition coefficient (Wildman–Crippen LogP) is 19.4. The largest absolute Gasteiger partial charge is 0.278 e. The van der Waals surface area contributed by atoms with E-state index < -0.39 is 7.92 Å². The third kappa shape index (κ3) is 7.94. The Morgan fingerprint density at radius 3 is 1.07 bits per heavy atom. The molecule has 0 aliphatic heterocycles. The molecule has 0 bridgehead atoms. The molecule has 4 heterocycles. The number of hydrogen-bond donors (Lipinski definition) is 0. The van der Waals surface area contributed by atoms with Gasteiger partial charge in [-0.1, -0.05) is 206 Å². The van der Waals surface area contributed by atoms with Crippen molar-refractivity contribution in [1.82, 2.24) is 0 Å². The first-order valence-corrected chi connectivity index (χ1v) is 29.5. The maximum Gasteiger partial charge on any atom is 0.278 e. The predicted molar refractivity (Wildman–Crippen MR) is 330 cm³/mol. The van der Waals surface area contributed by atoms with Crippen molar-refractivity contribution in [1.29, 1.82) is 0 Å². The molecule has 0 fully saturated rings. The quantitative estimate of drug-likeness (QED) is 0.0979. The van der Waals surface area contributed by atoms with Gasteiger partial charge in [0.1, 0.15) is 0 Å². The molecule has 0 atom stereocenters. The van der Waals surface area contributed by atoms with Gasteiger partial charge in [0.25, 0.3) is 5.69 Å². The molecular weight excluding hydrogens is 1010 g/mol. The Balaban J connectivity index is 0.000000106. The second-order valence-corrected chi connectivity index (χ2v) is 25.1. The Hall–Kier alpha value is -7.87. The van der Waals surface area contributed by atoms with E-state index in [4.69, 9.17) is 0 Å². The average molecular weight is 1050 g/mol. The van der Waals surface area contributed by atoms with Crippen LogP contribution >= 0.6 is 53.3 Å². The summed E-state index contributed by atoms with van der Waals surface area (Å²) in [7, 11) is -0.446. The lowest BCUT2D eigenvalue weighted by atomic mass is 9.99. The summed E-state index contributed by atoms with van der Waals surface area (Å²) in [6, 6.07) is 85.5. The minimum atomic E-state index is -0.446.